The summed E-state index contributed by atoms with van der Waals surface area (Å²) in [6, 6.07) is 14.8. The molecule has 0 bridgehead atoms. The Kier molecular flexibility index (Phi) is 8.67. The Bertz CT molecular complexity index is 977. The van der Waals surface area contributed by atoms with Crippen LogP contribution >= 0.6 is 11.6 Å². The molecule has 34 heavy (non-hydrogen) atoms. The number of benzene rings is 2. The Morgan fingerprint density at radius 3 is 2.50 bits per heavy atom. The van der Waals surface area contributed by atoms with Crippen molar-refractivity contribution in [2.45, 2.75) is 52.4 Å². The molecule has 184 valence electrons. The fourth-order valence-electron chi connectivity index (χ4n) is 3.67. The first kappa shape index (κ1) is 25.7. The van der Waals surface area contributed by atoms with Crippen molar-refractivity contribution >= 4 is 23.8 Å². The average molecular weight is 489 g/mol. The molecule has 2 amide bonds. The first-order valence-corrected chi connectivity index (χ1v) is 11.8. The van der Waals surface area contributed by atoms with Crippen LogP contribution in [0.3, 0.4) is 0 Å². The van der Waals surface area contributed by atoms with E-state index in [-0.39, 0.29) is 12.6 Å². The Morgan fingerprint density at radius 2 is 1.79 bits per heavy atom. The van der Waals surface area contributed by atoms with Crippen molar-refractivity contribution in [2.24, 2.45) is 0 Å². The van der Waals surface area contributed by atoms with Gasteiger partial charge in [0.1, 0.15) is 18.0 Å². The fraction of sp³-hybridized carbons (Fsp3) is 0.462. The van der Waals surface area contributed by atoms with Crippen LogP contribution < -0.4 is 4.74 Å². The number of rotatable bonds is 6. The molecule has 1 fully saturated rings. The van der Waals surface area contributed by atoms with Crippen LogP contribution in [0.5, 0.6) is 5.75 Å². The molecule has 0 saturated carbocycles. The van der Waals surface area contributed by atoms with Gasteiger partial charge in [0.05, 0.1) is 12.6 Å². The first-order chi connectivity index (χ1) is 16.1. The lowest BCUT2D eigenvalue weighted by Crippen LogP contribution is -2.57. The van der Waals surface area contributed by atoms with Gasteiger partial charge in [-0.1, -0.05) is 48.0 Å². The molecule has 2 aromatic rings. The zero-order valence-corrected chi connectivity index (χ0v) is 21.0. The number of aryl methyl sites for hydroxylation is 1. The quantitative estimate of drug-likeness (QED) is 0.523. The van der Waals surface area contributed by atoms with Gasteiger partial charge >= 0.3 is 12.2 Å². The molecule has 2 aromatic carbocycles. The molecule has 8 heteroatoms. The summed E-state index contributed by atoms with van der Waals surface area (Å²) in [5, 5.41) is 0.598. The van der Waals surface area contributed by atoms with Crippen molar-refractivity contribution < 1.29 is 23.8 Å². The van der Waals surface area contributed by atoms with Gasteiger partial charge in [0.15, 0.2) is 0 Å². The normalized spacial score (nSPS) is 16.2. The molecule has 0 aliphatic carbocycles. The number of amides is 2. The number of halogens is 1. The molecule has 1 saturated heterocycles. The highest BCUT2D eigenvalue weighted by molar-refractivity contribution is 6.30. The Morgan fingerprint density at radius 1 is 1.06 bits per heavy atom. The summed E-state index contributed by atoms with van der Waals surface area (Å²) in [4.78, 5) is 28.9. The van der Waals surface area contributed by atoms with Crippen LogP contribution in [0.15, 0.2) is 48.5 Å². The van der Waals surface area contributed by atoms with Gasteiger partial charge in [0, 0.05) is 31.1 Å². The molecular formula is C26H33ClN2O5. The monoisotopic (exact) mass is 488 g/mol. The second-order valence-electron chi connectivity index (χ2n) is 9.36. The average Bonchev–Trinajstić information content (AvgIpc) is 2.79. The van der Waals surface area contributed by atoms with Crippen LogP contribution in [0.4, 0.5) is 9.59 Å². The molecule has 1 heterocycles. The third kappa shape index (κ3) is 7.55. The van der Waals surface area contributed by atoms with Crippen molar-refractivity contribution in [1.29, 1.82) is 0 Å². The Labute approximate surface area is 206 Å². The minimum Gasteiger partial charge on any atom is -0.493 e. The van der Waals surface area contributed by atoms with E-state index in [9.17, 15) is 9.59 Å². The van der Waals surface area contributed by atoms with Crippen LogP contribution in [0.2, 0.25) is 5.02 Å². The fourth-order valence-corrected chi connectivity index (χ4v) is 3.84. The smallest absolute Gasteiger partial charge is 0.410 e. The van der Waals surface area contributed by atoms with Crippen LogP contribution in [-0.4, -0.2) is 59.9 Å². The van der Waals surface area contributed by atoms with E-state index in [4.69, 9.17) is 25.8 Å². The van der Waals surface area contributed by atoms with E-state index in [1.807, 2.05) is 70.2 Å². The van der Waals surface area contributed by atoms with E-state index in [0.29, 0.717) is 43.4 Å². The zero-order valence-electron chi connectivity index (χ0n) is 20.3. The summed E-state index contributed by atoms with van der Waals surface area (Å²) in [5.74, 6) is 0.700. The maximum absolute atomic E-state index is 12.9. The van der Waals surface area contributed by atoms with Gasteiger partial charge in [-0.25, -0.2) is 9.59 Å². The second-order valence-corrected chi connectivity index (χ2v) is 9.80. The number of nitrogens with zero attached hydrogens (tertiary/aromatic N) is 2. The van der Waals surface area contributed by atoms with Gasteiger partial charge < -0.3 is 24.0 Å². The van der Waals surface area contributed by atoms with Gasteiger partial charge in [-0.2, -0.15) is 0 Å². The number of carbonyl (C=O) groups is 2. The van der Waals surface area contributed by atoms with Crippen molar-refractivity contribution in [3.8, 4) is 5.75 Å². The summed E-state index contributed by atoms with van der Waals surface area (Å²) >= 11 is 6.09. The van der Waals surface area contributed by atoms with Gasteiger partial charge in [-0.05, 0) is 51.0 Å². The number of ether oxygens (including phenoxy) is 3. The summed E-state index contributed by atoms with van der Waals surface area (Å²) in [7, 11) is 0. The summed E-state index contributed by atoms with van der Waals surface area (Å²) in [5.41, 5.74) is 1.29. The lowest BCUT2D eigenvalue weighted by atomic mass is 10.1. The van der Waals surface area contributed by atoms with E-state index >= 15 is 0 Å². The van der Waals surface area contributed by atoms with Gasteiger partial charge in [-0.3, -0.25) is 0 Å². The first-order valence-electron chi connectivity index (χ1n) is 11.5. The van der Waals surface area contributed by atoms with E-state index in [1.165, 1.54) is 0 Å². The summed E-state index contributed by atoms with van der Waals surface area (Å²) in [6.45, 7) is 9.08. The molecule has 1 aliphatic heterocycles. The second kappa shape index (κ2) is 11.5. The molecule has 0 aromatic heterocycles. The SMILES string of the molecule is Cc1ccc(Cl)cc1OCC[C@@H]1CN(C(=O)OCc2ccccc2)CCN1C(=O)OC(C)(C)C. The van der Waals surface area contributed by atoms with E-state index < -0.39 is 17.8 Å². The predicted molar refractivity (Wildman–Crippen MR) is 131 cm³/mol. The molecule has 3 rings (SSSR count). The largest absolute Gasteiger partial charge is 0.493 e. The summed E-state index contributed by atoms with van der Waals surface area (Å²) in [6.07, 6.45) is -0.272. The van der Waals surface area contributed by atoms with E-state index in [2.05, 4.69) is 0 Å². The zero-order chi connectivity index (χ0) is 24.7. The predicted octanol–water partition coefficient (Wildman–Crippen LogP) is 5.68. The minimum atomic E-state index is -0.609. The van der Waals surface area contributed by atoms with Gasteiger partial charge in [0.25, 0.3) is 0 Å². The van der Waals surface area contributed by atoms with Crippen LogP contribution in [-0.2, 0) is 16.1 Å². The topological polar surface area (TPSA) is 68.3 Å². The van der Waals surface area contributed by atoms with Crippen molar-refractivity contribution in [2.75, 3.05) is 26.2 Å². The number of carbonyl (C=O) groups excluding carboxylic acids is 2. The minimum absolute atomic E-state index is 0.202. The molecule has 1 atom stereocenters. The number of piperazine rings is 1. The molecule has 0 N–H and O–H groups in total. The highest BCUT2D eigenvalue weighted by atomic mass is 35.5. The molecule has 1 aliphatic rings. The Hall–Kier alpha value is -2.93. The van der Waals surface area contributed by atoms with E-state index in [0.717, 1.165) is 11.1 Å². The lowest BCUT2D eigenvalue weighted by Gasteiger charge is -2.41. The standard InChI is InChI=1S/C26H33ClN2O5/c1-19-10-11-21(27)16-23(19)32-15-12-22-17-28(13-14-29(22)25(31)34-26(2,3)4)24(30)33-18-20-8-6-5-7-9-20/h5-11,16,22H,12-15,17-18H2,1-4H3/t22-/m1/s1. The van der Waals surface area contributed by atoms with Crippen LogP contribution in [0.1, 0.15) is 38.3 Å². The Balaban J connectivity index is 1.63. The van der Waals surface area contributed by atoms with Crippen molar-refractivity contribution in [3.63, 3.8) is 0 Å². The van der Waals surface area contributed by atoms with Crippen molar-refractivity contribution in [3.05, 3.63) is 64.7 Å². The maximum Gasteiger partial charge on any atom is 0.410 e. The number of hydrogen-bond donors (Lipinski definition) is 0. The molecule has 0 spiro atoms. The summed E-state index contributed by atoms with van der Waals surface area (Å²) < 4.78 is 17.1. The van der Waals surface area contributed by atoms with Crippen LogP contribution in [0.25, 0.3) is 0 Å². The highest BCUT2D eigenvalue weighted by Crippen LogP contribution is 2.24. The third-order valence-corrected chi connectivity index (χ3v) is 5.67. The number of hydrogen-bond acceptors (Lipinski definition) is 5. The molecule has 0 radical (unpaired) electrons. The van der Waals surface area contributed by atoms with Gasteiger partial charge in [-0.15, -0.1) is 0 Å². The van der Waals surface area contributed by atoms with Crippen LogP contribution in [0, 0.1) is 6.92 Å². The third-order valence-electron chi connectivity index (χ3n) is 5.43. The molecule has 7 nitrogen and oxygen atoms in total. The highest BCUT2D eigenvalue weighted by Gasteiger charge is 2.35. The molecule has 0 unspecified atom stereocenters. The van der Waals surface area contributed by atoms with Gasteiger partial charge in [0.2, 0.25) is 0 Å². The lowest BCUT2D eigenvalue weighted by molar-refractivity contribution is -0.00615. The molecular weight excluding hydrogens is 456 g/mol. The van der Waals surface area contributed by atoms with Crippen molar-refractivity contribution in [1.82, 2.24) is 9.80 Å². The maximum atomic E-state index is 12.9. The van der Waals surface area contributed by atoms with E-state index in [1.54, 1.807) is 15.9 Å².